The van der Waals surface area contributed by atoms with Crippen LogP contribution in [0.2, 0.25) is 10.0 Å². The Balaban J connectivity index is 2.73. The van der Waals surface area contributed by atoms with E-state index in [-0.39, 0.29) is 27.0 Å². The van der Waals surface area contributed by atoms with Crippen molar-refractivity contribution in [1.82, 2.24) is 4.98 Å². The fraction of sp³-hybridized carbons (Fsp3) is 0.0769. The van der Waals surface area contributed by atoms with E-state index in [0.717, 1.165) is 6.07 Å². The van der Waals surface area contributed by atoms with Crippen molar-refractivity contribution in [1.29, 1.82) is 0 Å². The first-order chi connectivity index (χ1) is 9.32. The summed E-state index contributed by atoms with van der Waals surface area (Å²) in [7, 11) is 0. The Hall–Kier alpha value is -1.72. The number of halogens is 4. The zero-order chi connectivity index (χ0) is 15.0. The highest BCUT2D eigenvalue weighted by Gasteiger charge is 2.20. The van der Waals surface area contributed by atoms with Crippen LogP contribution in [0.15, 0.2) is 18.2 Å². The molecule has 3 nitrogen and oxygen atoms in total. The van der Waals surface area contributed by atoms with Crippen LogP contribution >= 0.6 is 23.2 Å². The summed E-state index contributed by atoms with van der Waals surface area (Å²) in [6.45, 7) is 1.22. The molecule has 0 saturated carbocycles. The summed E-state index contributed by atoms with van der Waals surface area (Å²) in [6.07, 6.45) is 0. The van der Waals surface area contributed by atoms with Gasteiger partial charge in [-0.2, -0.15) is 0 Å². The maximum Gasteiger partial charge on any atom is 0.179 e. The molecule has 104 valence electrons. The van der Waals surface area contributed by atoms with Crippen molar-refractivity contribution in [3.63, 3.8) is 0 Å². The topological polar surface area (TPSA) is 56.0 Å². The summed E-state index contributed by atoms with van der Waals surface area (Å²) in [6, 6.07) is 3.63. The van der Waals surface area contributed by atoms with Gasteiger partial charge in [-0.1, -0.05) is 29.3 Å². The molecule has 0 saturated heterocycles. The average Bonchev–Trinajstić information content (AvgIpc) is 2.39. The lowest BCUT2D eigenvalue weighted by Crippen LogP contribution is -2.06. The molecule has 0 aliphatic carbocycles. The third-order valence-electron chi connectivity index (χ3n) is 2.64. The van der Waals surface area contributed by atoms with Gasteiger partial charge in [-0.25, -0.2) is 13.8 Å². The van der Waals surface area contributed by atoms with Crippen LogP contribution in [0.3, 0.4) is 0 Å². The lowest BCUT2D eigenvalue weighted by molar-refractivity contribution is 0.101. The molecule has 0 atom stereocenters. The molecule has 0 spiro atoms. The van der Waals surface area contributed by atoms with E-state index in [1.54, 1.807) is 0 Å². The third-order valence-corrected chi connectivity index (χ3v) is 3.33. The van der Waals surface area contributed by atoms with Crippen molar-refractivity contribution in [2.45, 2.75) is 6.92 Å². The molecule has 0 unspecified atom stereocenters. The molecule has 2 aromatic rings. The van der Waals surface area contributed by atoms with Gasteiger partial charge in [-0.05, 0) is 12.1 Å². The molecule has 1 aromatic carbocycles. The molecular weight excluding hydrogens is 309 g/mol. The number of pyridine rings is 1. The van der Waals surface area contributed by atoms with Crippen molar-refractivity contribution >= 4 is 34.7 Å². The predicted molar refractivity (Wildman–Crippen MR) is 74.0 cm³/mol. The highest BCUT2D eigenvalue weighted by molar-refractivity contribution is 6.36. The van der Waals surface area contributed by atoms with Crippen LogP contribution in [0.5, 0.6) is 0 Å². The number of aromatic nitrogens is 1. The first-order valence-corrected chi connectivity index (χ1v) is 6.19. The molecule has 2 rings (SSSR count). The molecule has 2 N–H and O–H groups in total. The van der Waals surface area contributed by atoms with Crippen LogP contribution < -0.4 is 5.73 Å². The highest BCUT2D eigenvalue weighted by Crippen LogP contribution is 2.33. The number of anilines is 1. The molecule has 0 amide bonds. The molecule has 0 aliphatic rings. The van der Waals surface area contributed by atoms with Gasteiger partial charge in [0.1, 0.15) is 17.2 Å². The fourth-order valence-corrected chi connectivity index (χ4v) is 2.01. The van der Waals surface area contributed by atoms with Crippen LogP contribution in [0.1, 0.15) is 17.4 Å². The van der Waals surface area contributed by atoms with Crippen LogP contribution in [-0.4, -0.2) is 10.8 Å². The first-order valence-electron chi connectivity index (χ1n) is 5.43. The van der Waals surface area contributed by atoms with Gasteiger partial charge in [0.25, 0.3) is 0 Å². The van der Waals surface area contributed by atoms with Gasteiger partial charge in [0.2, 0.25) is 0 Å². The molecule has 0 radical (unpaired) electrons. The van der Waals surface area contributed by atoms with Gasteiger partial charge in [0.15, 0.2) is 11.6 Å². The molecule has 20 heavy (non-hydrogen) atoms. The van der Waals surface area contributed by atoms with E-state index < -0.39 is 23.1 Å². The van der Waals surface area contributed by atoms with Gasteiger partial charge in [0.05, 0.1) is 15.7 Å². The van der Waals surface area contributed by atoms with Gasteiger partial charge in [-0.15, -0.1) is 0 Å². The number of nitrogens with zero attached hydrogens (tertiary/aromatic N) is 1. The maximum absolute atomic E-state index is 14.1. The lowest BCUT2D eigenvalue weighted by atomic mass is 10.1. The third kappa shape index (κ3) is 2.46. The second kappa shape index (κ2) is 5.34. The summed E-state index contributed by atoms with van der Waals surface area (Å²) in [5.74, 6) is -2.12. The van der Waals surface area contributed by atoms with Gasteiger partial charge in [0, 0.05) is 12.5 Å². The van der Waals surface area contributed by atoms with E-state index in [0.29, 0.717) is 0 Å². The normalized spacial score (nSPS) is 10.7. The summed E-state index contributed by atoms with van der Waals surface area (Å²) >= 11 is 11.3. The molecule has 0 fully saturated rings. The lowest BCUT2D eigenvalue weighted by Gasteiger charge is -2.10. The summed E-state index contributed by atoms with van der Waals surface area (Å²) in [5.41, 5.74) is 4.78. The average molecular weight is 317 g/mol. The minimum absolute atomic E-state index is 0.107. The summed E-state index contributed by atoms with van der Waals surface area (Å²) in [5, 5.41) is -0.365. The number of nitrogens with two attached hydrogens (primary N) is 1. The van der Waals surface area contributed by atoms with Crippen LogP contribution in [0.25, 0.3) is 11.3 Å². The molecule has 0 bridgehead atoms. The SMILES string of the molecule is CC(=O)c1nc(-c2ccc(Cl)c(F)c2)c(F)c(N)c1Cl. The van der Waals surface area contributed by atoms with Crippen molar-refractivity contribution in [3.8, 4) is 11.3 Å². The Morgan fingerprint density at radius 1 is 1.30 bits per heavy atom. The standard InChI is InChI=1S/C13H8Cl2F2N2O/c1-5(20)12-9(15)11(18)10(17)13(19-12)6-2-3-7(14)8(16)4-6/h2-4H,1H3,(H2,18,19). The van der Waals surface area contributed by atoms with Crippen molar-refractivity contribution in [3.05, 3.63) is 45.6 Å². The number of rotatable bonds is 2. The number of hydrogen-bond donors (Lipinski definition) is 1. The Kier molecular flexibility index (Phi) is 3.92. The minimum atomic E-state index is -0.915. The first kappa shape index (κ1) is 14.7. The van der Waals surface area contributed by atoms with Crippen molar-refractivity contribution < 1.29 is 13.6 Å². The zero-order valence-electron chi connectivity index (χ0n) is 10.2. The zero-order valence-corrected chi connectivity index (χ0v) is 11.7. The summed E-state index contributed by atoms with van der Waals surface area (Å²) < 4.78 is 27.5. The van der Waals surface area contributed by atoms with E-state index in [1.807, 2.05) is 0 Å². The number of carbonyl (C=O) groups excluding carboxylic acids is 1. The van der Waals surface area contributed by atoms with E-state index in [4.69, 9.17) is 28.9 Å². The molecule has 7 heteroatoms. The Morgan fingerprint density at radius 2 is 1.95 bits per heavy atom. The highest BCUT2D eigenvalue weighted by atomic mass is 35.5. The Bertz CT molecular complexity index is 720. The van der Waals surface area contributed by atoms with Crippen molar-refractivity contribution in [2.24, 2.45) is 0 Å². The second-order valence-electron chi connectivity index (χ2n) is 4.04. The fourth-order valence-electron chi connectivity index (χ4n) is 1.63. The van der Waals surface area contributed by atoms with E-state index in [1.165, 1.54) is 19.1 Å². The quantitative estimate of drug-likeness (QED) is 0.848. The molecular formula is C13H8Cl2F2N2O. The van der Waals surface area contributed by atoms with Gasteiger partial charge >= 0.3 is 0 Å². The Morgan fingerprint density at radius 3 is 2.50 bits per heavy atom. The Labute approximate surface area is 123 Å². The number of ketones is 1. The van der Waals surface area contributed by atoms with E-state index >= 15 is 0 Å². The monoisotopic (exact) mass is 316 g/mol. The summed E-state index contributed by atoms with van der Waals surface area (Å²) in [4.78, 5) is 15.2. The number of nitrogen functional groups attached to an aromatic ring is 1. The van der Waals surface area contributed by atoms with E-state index in [2.05, 4.69) is 4.98 Å². The van der Waals surface area contributed by atoms with E-state index in [9.17, 15) is 13.6 Å². The van der Waals surface area contributed by atoms with Crippen LogP contribution in [0, 0.1) is 11.6 Å². The van der Waals surface area contributed by atoms with Crippen molar-refractivity contribution in [2.75, 3.05) is 5.73 Å². The minimum Gasteiger partial charge on any atom is -0.395 e. The molecule has 1 aromatic heterocycles. The molecule has 1 heterocycles. The predicted octanol–water partition coefficient (Wildman–Crippen LogP) is 4.12. The number of benzene rings is 1. The second-order valence-corrected chi connectivity index (χ2v) is 4.82. The maximum atomic E-state index is 14.1. The largest absolute Gasteiger partial charge is 0.395 e. The number of hydrogen-bond acceptors (Lipinski definition) is 3. The number of Topliss-reactive ketones (excluding diaryl/α,β-unsaturated/α-hetero) is 1. The number of carbonyl (C=O) groups is 1. The smallest absolute Gasteiger partial charge is 0.179 e. The van der Waals surface area contributed by atoms with Gasteiger partial charge in [-0.3, -0.25) is 4.79 Å². The molecule has 0 aliphatic heterocycles. The van der Waals surface area contributed by atoms with Crippen LogP contribution in [0.4, 0.5) is 14.5 Å². The van der Waals surface area contributed by atoms with Gasteiger partial charge < -0.3 is 5.73 Å². The van der Waals surface area contributed by atoms with Crippen LogP contribution in [-0.2, 0) is 0 Å².